The predicted molar refractivity (Wildman–Crippen MR) is 66.9 cm³/mol. The van der Waals surface area contributed by atoms with Gasteiger partial charge in [0.05, 0.1) is 0 Å². The summed E-state index contributed by atoms with van der Waals surface area (Å²) in [5, 5.41) is 14.6. The van der Waals surface area contributed by atoms with E-state index in [-0.39, 0.29) is 0 Å². The monoisotopic (exact) mass is 236 g/mol. The van der Waals surface area contributed by atoms with Gasteiger partial charge in [0.25, 0.3) is 0 Å². The van der Waals surface area contributed by atoms with Gasteiger partial charge in [-0.1, -0.05) is 6.92 Å². The maximum Gasteiger partial charge on any atom is 0.191 e. The highest BCUT2D eigenvalue weighted by Crippen LogP contribution is 2.18. The van der Waals surface area contributed by atoms with E-state index in [0.717, 1.165) is 31.3 Å². The van der Waals surface area contributed by atoms with Crippen LogP contribution in [0.1, 0.15) is 25.6 Å². The molecule has 2 rings (SSSR count). The Balaban J connectivity index is 1.74. The first-order valence-corrected chi connectivity index (χ1v) is 6.17. The van der Waals surface area contributed by atoms with Crippen LogP contribution in [0.25, 0.3) is 0 Å². The highest BCUT2D eigenvalue weighted by atomic mass is 15.3. The number of aromatic nitrogens is 3. The zero-order chi connectivity index (χ0) is 12.1. The van der Waals surface area contributed by atoms with E-state index >= 15 is 0 Å². The third-order valence-corrected chi connectivity index (χ3v) is 2.80. The molecule has 1 aromatic heterocycles. The van der Waals surface area contributed by atoms with Crippen LogP contribution in [0.3, 0.4) is 0 Å². The largest absolute Gasteiger partial charge is 0.355 e. The first kappa shape index (κ1) is 11.9. The maximum absolute atomic E-state index is 4.18. The second-order valence-corrected chi connectivity index (χ2v) is 4.21. The van der Waals surface area contributed by atoms with Crippen molar-refractivity contribution < 1.29 is 0 Å². The van der Waals surface area contributed by atoms with Crippen molar-refractivity contribution in [2.24, 2.45) is 4.99 Å². The van der Waals surface area contributed by atoms with E-state index in [1.807, 2.05) is 0 Å². The van der Waals surface area contributed by atoms with Gasteiger partial charge in [-0.2, -0.15) is 0 Å². The summed E-state index contributed by atoms with van der Waals surface area (Å²) in [7, 11) is 1.80. The van der Waals surface area contributed by atoms with Gasteiger partial charge in [0, 0.05) is 32.6 Å². The molecule has 0 atom stereocenters. The molecule has 0 aromatic carbocycles. The molecule has 1 fully saturated rings. The van der Waals surface area contributed by atoms with Crippen LogP contribution in [0, 0.1) is 0 Å². The first-order valence-electron chi connectivity index (χ1n) is 6.17. The van der Waals surface area contributed by atoms with Gasteiger partial charge < -0.3 is 15.2 Å². The number of rotatable bonds is 5. The fourth-order valence-electron chi connectivity index (χ4n) is 1.65. The molecule has 0 amide bonds. The number of nitrogens with zero attached hydrogens (tertiary/aromatic N) is 4. The van der Waals surface area contributed by atoms with Crippen LogP contribution in [0.5, 0.6) is 0 Å². The summed E-state index contributed by atoms with van der Waals surface area (Å²) in [6.45, 7) is 3.78. The molecule has 1 aromatic rings. The Hall–Kier alpha value is -1.59. The molecule has 1 aliphatic rings. The molecule has 6 heteroatoms. The van der Waals surface area contributed by atoms with E-state index in [9.17, 15) is 0 Å². The molecule has 0 bridgehead atoms. The quantitative estimate of drug-likeness (QED) is 0.565. The van der Waals surface area contributed by atoms with Crippen molar-refractivity contribution in [2.75, 3.05) is 13.6 Å². The van der Waals surface area contributed by atoms with Crippen molar-refractivity contribution in [1.29, 1.82) is 0 Å². The minimum absolute atomic E-state index is 0.627. The predicted octanol–water partition coefficient (Wildman–Crippen LogP) is 0.168. The first-order chi connectivity index (χ1) is 8.33. The van der Waals surface area contributed by atoms with Crippen molar-refractivity contribution in [3.63, 3.8) is 0 Å². The molecule has 6 nitrogen and oxygen atoms in total. The highest BCUT2D eigenvalue weighted by molar-refractivity contribution is 5.80. The normalized spacial score (nSPS) is 16.0. The molecule has 17 heavy (non-hydrogen) atoms. The molecule has 0 spiro atoms. The zero-order valence-electron chi connectivity index (χ0n) is 10.5. The van der Waals surface area contributed by atoms with Crippen molar-refractivity contribution in [3.8, 4) is 0 Å². The minimum atomic E-state index is 0.627. The Morgan fingerprint density at radius 1 is 1.59 bits per heavy atom. The van der Waals surface area contributed by atoms with E-state index in [1.54, 1.807) is 13.4 Å². The Kier molecular flexibility index (Phi) is 3.95. The molecule has 0 aliphatic heterocycles. The van der Waals surface area contributed by atoms with Gasteiger partial charge in [0.2, 0.25) is 0 Å². The van der Waals surface area contributed by atoms with E-state index in [4.69, 9.17) is 0 Å². The molecule has 0 saturated heterocycles. The summed E-state index contributed by atoms with van der Waals surface area (Å²) in [6.07, 6.45) is 5.20. The van der Waals surface area contributed by atoms with E-state index < -0.39 is 0 Å². The van der Waals surface area contributed by atoms with Gasteiger partial charge in [-0.3, -0.25) is 4.99 Å². The zero-order valence-corrected chi connectivity index (χ0v) is 10.5. The third kappa shape index (κ3) is 3.44. The van der Waals surface area contributed by atoms with Crippen LogP contribution >= 0.6 is 0 Å². The molecule has 1 aliphatic carbocycles. The lowest BCUT2D eigenvalue weighted by Gasteiger charge is -2.11. The summed E-state index contributed by atoms with van der Waals surface area (Å²) in [5.74, 6) is 1.91. The minimum Gasteiger partial charge on any atom is -0.355 e. The molecule has 0 radical (unpaired) electrons. The molecule has 0 unspecified atom stereocenters. The summed E-state index contributed by atoms with van der Waals surface area (Å²) in [4.78, 5) is 4.18. The van der Waals surface area contributed by atoms with E-state index in [0.29, 0.717) is 6.04 Å². The van der Waals surface area contributed by atoms with Crippen molar-refractivity contribution >= 4 is 5.96 Å². The summed E-state index contributed by atoms with van der Waals surface area (Å²) in [6, 6.07) is 0.627. The lowest BCUT2D eigenvalue weighted by molar-refractivity contribution is 0.632. The smallest absolute Gasteiger partial charge is 0.191 e. The van der Waals surface area contributed by atoms with Crippen LogP contribution < -0.4 is 10.6 Å². The van der Waals surface area contributed by atoms with Crippen LogP contribution in [-0.4, -0.2) is 40.4 Å². The van der Waals surface area contributed by atoms with Gasteiger partial charge in [-0.15, -0.1) is 10.2 Å². The lowest BCUT2D eigenvalue weighted by Crippen LogP contribution is -2.39. The highest BCUT2D eigenvalue weighted by Gasteiger charge is 2.21. The van der Waals surface area contributed by atoms with Crippen LogP contribution in [0.4, 0.5) is 0 Å². The molecular weight excluding hydrogens is 216 g/mol. The number of hydrogen-bond donors (Lipinski definition) is 2. The average Bonchev–Trinajstić information content (AvgIpc) is 3.05. The lowest BCUT2D eigenvalue weighted by atomic mass is 10.4. The van der Waals surface area contributed by atoms with Gasteiger partial charge in [-0.25, -0.2) is 0 Å². The van der Waals surface area contributed by atoms with Gasteiger partial charge in [-0.05, 0) is 12.8 Å². The molecule has 1 saturated carbocycles. The number of guanidine groups is 1. The number of aryl methyl sites for hydroxylation is 1. The van der Waals surface area contributed by atoms with Crippen molar-refractivity contribution in [3.05, 3.63) is 12.2 Å². The molecule has 94 valence electrons. The van der Waals surface area contributed by atoms with Crippen molar-refractivity contribution in [2.45, 2.75) is 38.8 Å². The number of hydrogen-bond acceptors (Lipinski definition) is 3. The fraction of sp³-hybridized carbons (Fsp3) is 0.727. The van der Waals surface area contributed by atoms with E-state index in [1.165, 1.54) is 12.8 Å². The Morgan fingerprint density at radius 3 is 3.06 bits per heavy atom. The average molecular weight is 236 g/mol. The topological polar surface area (TPSA) is 67.1 Å². The molecule has 1 heterocycles. The fourth-order valence-corrected chi connectivity index (χ4v) is 1.65. The maximum atomic E-state index is 4.18. The van der Waals surface area contributed by atoms with Gasteiger partial charge in [0.15, 0.2) is 5.96 Å². The Bertz CT molecular complexity index is 379. The Labute approximate surface area is 102 Å². The second kappa shape index (κ2) is 5.65. The van der Waals surface area contributed by atoms with Crippen molar-refractivity contribution in [1.82, 2.24) is 25.4 Å². The number of nitrogens with one attached hydrogen (secondary N) is 2. The second-order valence-electron chi connectivity index (χ2n) is 4.21. The third-order valence-electron chi connectivity index (χ3n) is 2.80. The molecular formula is C11H20N6. The van der Waals surface area contributed by atoms with Gasteiger partial charge in [0.1, 0.15) is 12.2 Å². The summed E-state index contributed by atoms with van der Waals surface area (Å²) in [5.41, 5.74) is 0. The van der Waals surface area contributed by atoms with Crippen LogP contribution in [-0.2, 0) is 13.0 Å². The SMILES string of the molecule is CCc1nncn1CCNC(=NC)NC1CC1. The van der Waals surface area contributed by atoms with E-state index in [2.05, 4.69) is 37.3 Å². The summed E-state index contributed by atoms with van der Waals surface area (Å²) < 4.78 is 2.07. The Morgan fingerprint density at radius 2 is 2.41 bits per heavy atom. The van der Waals surface area contributed by atoms with Crippen LogP contribution in [0.15, 0.2) is 11.3 Å². The molecule has 2 N–H and O–H groups in total. The summed E-state index contributed by atoms with van der Waals surface area (Å²) >= 11 is 0. The van der Waals surface area contributed by atoms with Crippen LogP contribution in [0.2, 0.25) is 0 Å². The number of aliphatic imine (C=N–C) groups is 1. The standard InChI is InChI=1S/C11H20N6/c1-3-10-16-14-8-17(10)7-6-13-11(12-2)15-9-4-5-9/h8-9H,3-7H2,1-2H3,(H2,12,13,15). The van der Waals surface area contributed by atoms with Gasteiger partial charge >= 0.3 is 0 Å².